The lowest BCUT2D eigenvalue weighted by Crippen LogP contribution is -2.23. The summed E-state index contributed by atoms with van der Waals surface area (Å²) in [4.78, 5) is 0. The maximum absolute atomic E-state index is 5.96. The van der Waals surface area contributed by atoms with Crippen molar-refractivity contribution in [2.45, 2.75) is 20.0 Å². The molecule has 3 rings (SSSR count). The summed E-state index contributed by atoms with van der Waals surface area (Å²) < 4.78 is 11.6. The van der Waals surface area contributed by atoms with E-state index in [-0.39, 0.29) is 6.10 Å². The number of furan rings is 1. The van der Waals surface area contributed by atoms with Crippen molar-refractivity contribution >= 4 is 5.69 Å². The van der Waals surface area contributed by atoms with E-state index in [0.717, 1.165) is 29.5 Å². The Kier molecular flexibility index (Phi) is 2.32. The summed E-state index contributed by atoms with van der Waals surface area (Å²) in [6.45, 7) is 4.74. The van der Waals surface area contributed by atoms with Crippen molar-refractivity contribution in [3.05, 3.63) is 47.4 Å². The van der Waals surface area contributed by atoms with E-state index in [2.05, 4.69) is 18.3 Å². The van der Waals surface area contributed by atoms with Gasteiger partial charge < -0.3 is 14.5 Å². The molecule has 0 saturated carbocycles. The molecule has 1 aromatic carbocycles. The third-order valence-corrected chi connectivity index (χ3v) is 2.96. The molecule has 0 amide bonds. The van der Waals surface area contributed by atoms with Gasteiger partial charge in [0.25, 0.3) is 0 Å². The monoisotopic (exact) mass is 229 g/mol. The first-order valence-corrected chi connectivity index (χ1v) is 5.80. The molecule has 0 spiro atoms. The summed E-state index contributed by atoms with van der Waals surface area (Å²) in [6.07, 6.45) is -0.0435. The van der Waals surface area contributed by atoms with E-state index in [1.54, 1.807) is 0 Å². The number of hydrogen-bond donors (Lipinski definition) is 1. The molecule has 1 atom stereocenters. The number of benzene rings is 1. The van der Waals surface area contributed by atoms with Crippen molar-refractivity contribution in [1.82, 2.24) is 0 Å². The van der Waals surface area contributed by atoms with Gasteiger partial charge in [0.2, 0.25) is 0 Å². The van der Waals surface area contributed by atoms with Crippen LogP contribution in [0.15, 0.2) is 34.7 Å². The van der Waals surface area contributed by atoms with Crippen LogP contribution in [0.2, 0.25) is 0 Å². The average Bonchev–Trinajstić information content (AvgIpc) is 2.75. The summed E-state index contributed by atoms with van der Waals surface area (Å²) in [6, 6.07) is 10.1. The van der Waals surface area contributed by atoms with Crippen LogP contribution in [0.5, 0.6) is 5.75 Å². The Morgan fingerprint density at radius 3 is 2.82 bits per heavy atom. The number of fused-ring (bicyclic) bond motifs is 1. The minimum absolute atomic E-state index is 0.0435. The summed E-state index contributed by atoms with van der Waals surface area (Å²) in [5.41, 5.74) is 2.25. The molecular formula is C14H15NO2. The molecule has 3 nitrogen and oxygen atoms in total. The van der Waals surface area contributed by atoms with E-state index < -0.39 is 0 Å². The second-order valence-corrected chi connectivity index (χ2v) is 4.44. The third kappa shape index (κ3) is 1.88. The summed E-state index contributed by atoms with van der Waals surface area (Å²) in [5, 5.41) is 3.36. The Labute approximate surface area is 100 Å². The molecule has 0 fully saturated rings. The second kappa shape index (κ2) is 3.84. The van der Waals surface area contributed by atoms with Crippen LogP contribution in [0, 0.1) is 13.8 Å². The molecule has 0 bridgehead atoms. The summed E-state index contributed by atoms with van der Waals surface area (Å²) >= 11 is 0. The smallest absolute Gasteiger partial charge is 0.173 e. The Morgan fingerprint density at radius 2 is 2.06 bits per heavy atom. The van der Waals surface area contributed by atoms with E-state index in [9.17, 15) is 0 Å². The predicted octanol–water partition coefficient (Wildman–Crippen LogP) is 3.44. The number of nitrogens with one attached hydrogen (secondary N) is 1. The largest absolute Gasteiger partial charge is 0.478 e. The molecule has 1 unspecified atom stereocenters. The van der Waals surface area contributed by atoms with Crippen LogP contribution in [0.25, 0.3) is 0 Å². The molecule has 1 aliphatic heterocycles. The highest BCUT2D eigenvalue weighted by atomic mass is 16.5. The highest BCUT2D eigenvalue weighted by molar-refractivity contribution is 5.59. The van der Waals surface area contributed by atoms with E-state index >= 15 is 0 Å². The molecule has 3 heteroatoms. The first-order valence-electron chi connectivity index (χ1n) is 5.80. The first-order chi connectivity index (χ1) is 8.22. The van der Waals surface area contributed by atoms with Gasteiger partial charge in [-0.3, -0.25) is 0 Å². The molecule has 2 heterocycles. The van der Waals surface area contributed by atoms with Gasteiger partial charge in [-0.25, -0.2) is 0 Å². The van der Waals surface area contributed by atoms with Crippen molar-refractivity contribution in [2.75, 3.05) is 11.9 Å². The van der Waals surface area contributed by atoms with Gasteiger partial charge in [-0.2, -0.15) is 0 Å². The fourth-order valence-corrected chi connectivity index (χ4v) is 2.06. The molecule has 1 aliphatic rings. The van der Waals surface area contributed by atoms with E-state index in [1.165, 1.54) is 5.56 Å². The van der Waals surface area contributed by atoms with Crippen molar-refractivity contribution in [3.8, 4) is 5.75 Å². The molecule has 2 aromatic rings. The molecular weight excluding hydrogens is 214 g/mol. The van der Waals surface area contributed by atoms with Crippen molar-refractivity contribution in [1.29, 1.82) is 0 Å². The maximum atomic E-state index is 5.96. The van der Waals surface area contributed by atoms with E-state index in [0.29, 0.717) is 0 Å². The number of aryl methyl sites for hydroxylation is 2. The van der Waals surface area contributed by atoms with Gasteiger partial charge in [0, 0.05) is 0 Å². The average molecular weight is 229 g/mol. The molecule has 0 aliphatic carbocycles. The van der Waals surface area contributed by atoms with E-state index in [4.69, 9.17) is 9.15 Å². The molecule has 1 N–H and O–H groups in total. The lowest BCUT2D eigenvalue weighted by atomic mass is 10.1. The summed E-state index contributed by atoms with van der Waals surface area (Å²) in [7, 11) is 0. The molecule has 17 heavy (non-hydrogen) atoms. The van der Waals surface area contributed by atoms with Crippen LogP contribution in [0.1, 0.15) is 23.2 Å². The third-order valence-electron chi connectivity index (χ3n) is 2.96. The fraction of sp³-hybridized carbons (Fsp3) is 0.286. The number of ether oxygens (including phenoxy) is 1. The Balaban J connectivity index is 1.89. The van der Waals surface area contributed by atoms with Crippen LogP contribution in [-0.4, -0.2) is 6.54 Å². The Bertz CT molecular complexity index is 545. The zero-order chi connectivity index (χ0) is 11.8. The highest BCUT2D eigenvalue weighted by Crippen LogP contribution is 2.35. The van der Waals surface area contributed by atoms with Crippen LogP contribution in [0.3, 0.4) is 0 Å². The lowest BCUT2D eigenvalue weighted by molar-refractivity contribution is 0.179. The zero-order valence-electron chi connectivity index (χ0n) is 9.99. The molecule has 0 radical (unpaired) electrons. The van der Waals surface area contributed by atoms with Crippen LogP contribution in [0.4, 0.5) is 5.69 Å². The van der Waals surface area contributed by atoms with Crippen molar-refractivity contribution in [3.63, 3.8) is 0 Å². The molecule has 0 saturated heterocycles. The number of anilines is 1. The predicted molar refractivity (Wildman–Crippen MR) is 66.5 cm³/mol. The van der Waals surface area contributed by atoms with Crippen LogP contribution in [-0.2, 0) is 0 Å². The van der Waals surface area contributed by atoms with Gasteiger partial charge >= 0.3 is 0 Å². The summed E-state index contributed by atoms with van der Waals surface area (Å²) in [5.74, 6) is 2.69. The fourth-order valence-electron chi connectivity index (χ4n) is 2.06. The van der Waals surface area contributed by atoms with Gasteiger partial charge in [-0.1, -0.05) is 6.07 Å². The van der Waals surface area contributed by atoms with Gasteiger partial charge in [0.05, 0.1) is 12.2 Å². The van der Waals surface area contributed by atoms with Gasteiger partial charge in [-0.05, 0) is 43.7 Å². The SMILES string of the molecule is Cc1ccc2c(c1)OC(c1ccc(C)o1)CN2. The van der Waals surface area contributed by atoms with Gasteiger partial charge in [0.1, 0.15) is 17.3 Å². The quantitative estimate of drug-likeness (QED) is 0.813. The van der Waals surface area contributed by atoms with E-state index in [1.807, 2.05) is 31.2 Å². The molecule has 88 valence electrons. The van der Waals surface area contributed by atoms with Gasteiger partial charge in [-0.15, -0.1) is 0 Å². The Hall–Kier alpha value is -1.90. The maximum Gasteiger partial charge on any atom is 0.173 e. The normalized spacial score (nSPS) is 18.1. The number of rotatable bonds is 1. The minimum Gasteiger partial charge on any atom is -0.478 e. The standard InChI is InChI=1S/C14H15NO2/c1-9-3-5-11-13(7-9)17-14(8-15-11)12-6-4-10(2)16-12/h3-7,14-15H,8H2,1-2H3. The van der Waals surface area contributed by atoms with Gasteiger partial charge in [0.15, 0.2) is 6.10 Å². The van der Waals surface area contributed by atoms with Crippen molar-refractivity contribution in [2.24, 2.45) is 0 Å². The van der Waals surface area contributed by atoms with Crippen molar-refractivity contribution < 1.29 is 9.15 Å². The second-order valence-electron chi connectivity index (χ2n) is 4.44. The first kappa shape index (κ1) is 10.3. The zero-order valence-corrected chi connectivity index (χ0v) is 9.99. The number of hydrogen-bond acceptors (Lipinski definition) is 3. The molecule has 1 aromatic heterocycles. The highest BCUT2D eigenvalue weighted by Gasteiger charge is 2.23. The lowest BCUT2D eigenvalue weighted by Gasteiger charge is -2.26. The topological polar surface area (TPSA) is 34.4 Å². The van der Waals surface area contributed by atoms with Crippen LogP contribution >= 0.6 is 0 Å². The minimum atomic E-state index is -0.0435. The van der Waals surface area contributed by atoms with Crippen LogP contribution < -0.4 is 10.1 Å². The Morgan fingerprint density at radius 1 is 1.18 bits per heavy atom.